The molecule has 1 amide bonds. The summed E-state index contributed by atoms with van der Waals surface area (Å²) in [6, 6.07) is 7.86. The minimum atomic E-state index is -0.0135. The zero-order valence-corrected chi connectivity index (χ0v) is 12.2. The van der Waals surface area contributed by atoms with Crippen LogP contribution in [0.3, 0.4) is 0 Å². The fourth-order valence-corrected chi connectivity index (χ4v) is 2.83. The molecule has 21 heavy (non-hydrogen) atoms. The van der Waals surface area contributed by atoms with Crippen LogP contribution in [-0.4, -0.2) is 45.7 Å². The standard InChI is InChI=1S/C15H20N4O2/c1-18(12-7-3-2-4-8-12)15(20)11-21-19-14-10-6-5-9-13(14)16-17-19/h5-6,9-10,12H,2-4,7-8,11H2,1H3. The predicted molar refractivity (Wildman–Crippen MR) is 78.6 cm³/mol. The number of likely N-dealkylation sites (N-methyl/N-ethyl adjacent to an activating group) is 1. The van der Waals surface area contributed by atoms with Gasteiger partial charge in [-0.3, -0.25) is 4.79 Å². The fraction of sp³-hybridized carbons (Fsp3) is 0.533. The Bertz CT molecular complexity index is 619. The zero-order valence-electron chi connectivity index (χ0n) is 12.2. The van der Waals surface area contributed by atoms with E-state index in [0.717, 1.165) is 23.9 Å². The van der Waals surface area contributed by atoms with E-state index >= 15 is 0 Å². The van der Waals surface area contributed by atoms with Gasteiger partial charge in [0.1, 0.15) is 11.0 Å². The Morgan fingerprint density at radius 1 is 1.33 bits per heavy atom. The van der Waals surface area contributed by atoms with Crippen molar-refractivity contribution in [3.8, 4) is 0 Å². The van der Waals surface area contributed by atoms with Crippen molar-refractivity contribution < 1.29 is 9.63 Å². The number of carbonyl (C=O) groups excluding carboxylic acids is 1. The smallest absolute Gasteiger partial charge is 0.263 e. The normalized spacial score (nSPS) is 16.0. The largest absolute Gasteiger partial charge is 0.385 e. The third kappa shape index (κ3) is 2.99. The van der Waals surface area contributed by atoms with Crippen LogP contribution in [0.5, 0.6) is 0 Å². The maximum atomic E-state index is 12.2. The third-order valence-corrected chi connectivity index (χ3v) is 4.15. The van der Waals surface area contributed by atoms with Gasteiger partial charge < -0.3 is 9.74 Å². The van der Waals surface area contributed by atoms with Crippen molar-refractivity contribution in [3.05, 3.63) is 24.3 Å². The minimum Gasteiger partial charge on any atom is -0.385 e. The summed E-state index contributed by atoms with van der Waals surface area (Å²) >= 11 is 0. The van der Waals surface area contributed by atoms with Crippen LogP contribution in [0.4, 0.5) is 0 Å². The van der Waals surface area contributed by atoms with Gasteiger partial charge in [0.25, 0.3) is 5.91 Å². The van der Waals surface area contributed by atoms with Crippen LogP contribution < -0.4 is 4.84 Å². The number of rotatable bonds is 4. The SMILES string of the molecule is CN(C(=O)COn1nnc2ccccc21)C1CCCCC1. The number of amides is 1. The maximum absolute atomic E-state index is 12.2. The van der Waals surface area contributed by atoms with Gasteiger partial charge in [0.05, 0.1) is 0 Å². The first-order valence-corrected chi connectivity index (χ1v) is 7.45. The predicted octanol–water partition coefficient (Wildman–Crippen LogP) is 1.65. The monoisotopic (exact) mass is 288 g/mol. The van der Waals surface area contributed by atoms with Gasteiger partial charge >= 0.3 is 0 Å². The Kier molecular flexibility index (Phi) is 4.03. The lowest BCUT2D eigenvalue weighted by atomic mass is 9.94. The summed E-state index contributed by atoms with van der Waals surface area (Å²) in [4.78, 5) is 20.8. The van der Waals surface area contributed by atoms with Gasteiger partial charge in [-0.25, -0.2) is 0 Å². The highest BCUT2D eigenvalue weighted by molar-refractivity contribution is 5.78. The number of fused-ring (bicyclic) bond motifs is 1. The lowest BCUT2D eigenvalue weighted by molar-refractivity contribution is -0.138. The second-order valence-corrected chi connectivity index (χ2v) is 5.52. The molecule has 0 atom stereocenters. The van der Waals surface area contributed by atoms with Crippen molar-refractivity contribution in [3.63, 3.8) is 0 Å². The molecule has 0 aliphatic heterocycles. The van der Waals surface area contributed by atoms with E-state index in [0.29, 0.717) is 6.04 Å². The van der Waals surface area contributed by atoms with Crippen LogP contribution in [-0.2, 0) is 4.79 Å². The van der Waals surface area contributed by atoms with Crippen molar-refractivity contribution in [2.45, 2.75) is 38.1 Å². The highest BCUT2D eigenvalue weighted by Gasteiger charge is 2.22. The molecule has 2 aromatic rings. The Labute approximate surface area is 123 Å². The fourth-order valence-electron chi connectivity index (χ4n) is 2.83. The van der Waals surface area contributed by atoms with E-state index in [1.165, 1.54) is 24.1 Å². The van der Waals surface area contributed by atoms with E-state index in [-0.39, 0.29) is 12.5 Å². The summed E-state index contributed by atoms with van der Waals surface area (Å²) < 4.78 is 0. The number of para-hydroxylation sites is 1. The summed E-state index contributed by atoms with van der Waals surface area (Å²) in [7, 11) is 1.86. The van der Waals surface area contributed by atoms with Gasteiger partial charge in [-0.2, -0.15) is 0 Å². The Hall–Kier alpha value is -2.11. The van der Waals surface area contributed by atoms with Gasteiger partial charge in [0.15, 0.2) is 6.61 Å². The molecule has 0 unspecified atom stereocenters. The van der Waals surface area contributed by atoms with Crippen molar-refractivity contribution in [2.24, 2.45) is 0 Å². The molecule has 0 radical (unpaired) electrons. The molecule has 0 N–H and O–H groups in total. The quantitative estimate of drug-likeness (QED) is 0.858. The average molecular weight is 288 g/mol. The lowest BCUT2D eigenvalue weighted by Gasteiger charge is -2.31. The van der Waals surface area contributed by atoms with Gasteiger partial charge in [0.2, 0.25) is 0 Å². The first kappa shape index (κ1) is 13.9. The van der Waals surface area contributed by atoms with Gasteiger partial charge in [-0.1, -0.05) is 36.2 Å². The van der Waals surface area contributed by atoms with Crippen LogP contribution in [0.25, 0.3) is 11.0 Å². The first-order valence-electron chi connectivity index (χ1n) is 7.45. The molecule has 1 aromatic heterocycles. The van der Waals surface area contributed by atoms with Crippen LogP contribution in [0.15, 0.2) is 24.3 Å². The summed E-state index contributed by atoms with van der Waals surface area (Å²) in [5.41, 5.74) is 1.52. The molecule has 0 saturated heterocycles. The number of benzene rings is 1. The van der Waals surface area contributed by atoms with Crippen LogP contribution >= 0.6 is 0 Å². The van der Waals surface area contributed by atoms with Crippen molar-refractivity contribution in [2.75, 3.05) is 13.7 Å². The molecule has 1 aliphatic carbocycles. The van der Waals surface area contributed by atoms with E-state index in [4.69, 9.17) is 4.84 Å². The highest BCUT2D eigenvalue weighted by Crippen LogP contribution is 2.21. The minimum absolute atomic E-state index is 0.0125. The maximum Gasteiger partial charge on any atom is 0.263 e. The number of hydrogen-bond donors (Lipinski definition) is 0. The Balaban J connectivity index is 1.60. The molecular formula is C15H20N4O2. The molecule has 0 spiro atoms. The number of aromatic nitrogens is 3. The molecule has 6 heteroatoms. The van der Waals surface area contributed by atoms with E-state index in [1.807, 2.05) is 36.2 Å². The summed E-state index contributed by atoms with van der Waals surface area (Å²) in [6.45, 7) is -0.0135. The summed E-state index contributed by atoms with van der Waals surface area (Å²) in [6.07, 6.45) is 5.87. The van der Waals surface area contributed by atoms with Crippen molar-refractivity contribution in [1.82, 2.24) is 20.1 Å². The number of hydrogen-bond acceptors (Lipinski definition) is 4. The Morgan fingerprint density at radius 2 is 2.10 bits per heavy atom. The van der Waals surface area contributed by atoms with Gasteiger partial charge in [-0.05, 0) is 30.2 Å². The molecule has 1 aliphatic rings. The van der Waals surface area contributed by atoms with Gasteiger partial charge in [-0.15, -0.1) is 5.10 Å². The lowest BCUT2D eigenvalue weighted by Crippen LogP contribution is -2.41. The molecule has 3 rings (SSSR count). The molecule has 1 saturated carbocycles. The van der Waals surface area contributed by atoms with Crippen molar-refractivity contribution >= 4 is 16.9 Å². The highest BCUT2D eigenvalue weighted by atomic mass is 16.7. The number of carbonyl (C=O) groups is 1. The van der Waals surface area contributed by atoms with Crippen molar-refractivity contribution in [1.29, 1.82) is 0 Å². The molecule has 6 nitrogen and oxygen atoms in total. The Morgan fingerprint density at radius 3 is 2.90 bits per heavy atom. The van der Waals surface area contributed by atoms with E-state index in [1.54, 1.807) is 0 Å². The molecule has 1 fully saturated rings. The van der Waals surface area contributed by atoms with E-state index < -0.39 is 0 Å². The summed E-state index contributed by atoms with van der Waals surface area (Å²) in [5.74, 6) is -0.0125. The second kappa shape index (κ2) is 6.11. The third-order valence-electron chi connectivity index (χ3n) is 4.15. The van der Waals surface area contributed by atoms with Crippen LogP contribution in [0.2, 0.25) is 0 Å². The van der Waals surface area contributed by atoms with Crippen LogP contribution in [0, 0.1) is 0 Å². The topological polar surface area (TPSA) is 60.2 Å². The molecular weight excluding hydrogens is 268 g/mol. The van der Waals surface area contributed by atoms with Crippen LogP contribution in [0.1, 0.15) is 32.1 Å². The first-order chi connectivity index (χ1) is 10.3. The second-order valence-electron chi connectivity index (χ2n) is 5.52. The van der Waals surface area contributed by atoms with E-state index in [9.17, 15) is 4.79 Å². The molecule has 1 heterocycles. The number of nitrogens with zero attached hydrogens (tertiary/aromatic N) is 4. The van der Waals surface area contributed by atoms with E-state index in [2.05, 4.69) is 10.3 Å². The average Bonchev–Trinajstić information content (AvgIpc) is 2.96. The van der Waals surface area contributed by atoms with Gasteiger partial charge in [0, 0.05) is 13.1 Å². The molecule has 1 aromatic carbocycles. The summed E-state index contributed by atoms with van der Waals surface area (Å²) in [5, 5.41) is 7.91. The zero-order chi connectivity index (χ0) is 14.7. The molecule has 0 bridgehead atoms. The molecule has 112 valence electrons.